The van der Waals surface area contributed by atoms with Crippen LogP contribution < -0.4 is 0 Å². The van der Waals surface area contributed by atoms with E-state index in [1.807, 2.05) is 6.92 Å². The summed E-state index contributed by atoms with van der Waals surface area (Å²) in [5, 5.41) is 34.2. The Labute approximate surface area is 96.7 Å². The van der Waals surface area contributed by atoms with Crippen molar-refractivity contribution >= 4 is 5.97 Å². The topological polar surface area (TPSA) is 98.0 Å². The van der Waals surface area contributed by atoms with Crippen LogP contribution in [-0.2, 0) is 4.79 Å². The van der Waals surface area contributed by atoms with Crippen molar-refractivity contribution in [2.75, 3.05) is 19.8 Å². The first kappa shape index (κ1) is 17.7. The van der Waals surface area contributed by atoms with Gasteiger partial charge in [-0.3, -0.25) is 4.79 Å². The average Bonchev–Trinajstić information content (AvgIpc) is 2.21. The van der Waals surface area contributed by atoms with E-state index in [1.54, 1.807) is 20.8 Å². The predicted octanol–water partition coefficient (Wildman–Crippen LogP) is 0.477. The minimum Gasteiger partial charge on any atom is -0.481 e. The summed E-state index contributed by atoms with van der Waals surface area (Å²) in [6.07, 6.45) is 0.594. The minimum absolute atomic E-state index is 0.156. The van der Waals surface area contributed by atoms with E-state index >= 15 is 0 Å². The van der Waals surface area contributed by atoms with Gasteiger partial charge >= 0.3 is 5.97 Å². The number of rotatable bonds is 4. The summed E-state index contributed by atoms with van der Waals surface area (Å²) in [4.78, 5) is 10.0. The zero-order chi connectivity index (χ0) is 13.4. The van der Waals surface area contributed by atoms with E-state index in [0.717, 1.165) is 0 Å². The molecule has 0 heterocycles. The van der Waals surface area contributed by atoms with E-state index in [2.05, 4.69) is 0 Å². The van der Waals surface area contributed by atoms with Crippen molar-refractivity contribution in [1.29, 1.82) is 0 Å². The van der Waals surface area contributed by atoms with E-state index in [9.17, 15) is 4.79 Å². The molecule has 0 fully saturated rings. The maximum Gasteiger partial charge on any atom is 0.308 e. The number of hydrogen-bond acceptors (Lipinski definition) is 4. The number of aliphatic hydroxyl groups excluding tert-OH is 3. The van der Waals surface area contributed by atoms with Gasteiger partial charge in [0.2, 0.25) is 0 Å². The molecule has 98 valence electrons. The molecular formula is C11H24O5. The summed E-state index contributed by atoms with van der Waals surface area (Å²) in [6.45, 7) is 6.34. The first-order valence-corrected chi connectivity index (χ1v) is 5.25. The molecule has 0 aromatic rings. The van der Waals surface area contributed by atoms with Gasteiger partial charge in [0.15, 0.2) is 0 Å². The molecule has 0 aromatic heterocycles. The van der Waals surface area contributed by atoms with E-state index in [-0.39, 0.29) is 19.8 Å². The van der Waals surface area contributed by atoms with E-state index in [0.29, 0.717) is 6.42 Å². The van der Waals surface area contributed by atoms with E-state index in [1.165, 1.54) is 0 Å². The lowest BCUT2D eigenvalue weighted by molar-refractivity contribution is -0.145. The molecule has 0 amide bonds. The molecule has 0 aliphatic heterocycles. The third kappa shape index (κ3) is 6.76. The second-order valence-corrected chi connectivity index (χ2v) is 4.88. The lowest BCUT2D eigenvalue weighted by atomic mass is 9.88. The van der Waals surface area contributed by atoms with Gasteiger partial charge in [0.05, 0.1) is 25.2 Å². The highest BCUT2D eigenvalue weighted by Gasteiger charge is 2.24. The molecule has 0 saturated heterocycles. The van der Waals surface area contributed by atoms with Crippen LogP contribution >= 0.6 is 0 Å². The number of carbonyl (C=O) groups is 1. The normalized spacial score (nSPS) is 11.7. The summed E-state index contributed by atoms with van der Waals surface area (Å²) in [7, 11) is 0. The Kier molecular flexibility index (Phi) is 8.42. The second kappa shape index (κ2) is 7.60. The van der Waals surface area contributed by atoms with Crippen molar-refractivity contribution in [2.45, 2.75) is 34.1 Å². The van der Waals surface area contributed by atoms with Crippen LogP contribution in [0, 0.1) is 10.8 Å². The maximum atomic E-state index is 10.0. The van der Waals surface area contributed by atoms with Gasteiger partial charge in [-0.2, -0.15) is 0 Å². The Morgan fingerprint density at radius 3 is 1.25 bits per heavy atom. The van der Waals surface area contributed by atoms with Crippen LogP contribution in [0.5, 0.6) is 0 Å². The first-order chi connectivity index (χ1) is 7.19. The number of aliphatic carboxylic acids is 1. The lowest BCUT2D eigenvalue weighted by Crippen LogP contribution is -2.32. The largest absolute Gasteiger partial charge is 0.481 e. The molecule has 16 heavy (non-hydrogen) atoms. The third-order valence-corrected chi connectivity index (χ3v) is 2.40. The highest BCUT2D eigenvalue weighted by atomic mass is 16.4. The molecule has 0 unspecified atom stereocenters. The number of carboxylic acid groups (broad SMARTS) is 1. The third-order valence-electron chi connectivity index (χ3n) is 2.40. The van der Waals surface area contributed by atoms with E-state index in [4.69, 9.17) is 20.4 Å². The predicted molar refractivity (Wildman–Crippen MR) is 61.1 cm³/mol. The number of hydrogen-bond donors (Lipinski definition) is 4. The Morgan fingerprint density at radius 2 is 1.25 bits per heavy atom. The van der Waals surface area contributed by atoms with Crippen LogP contribution in [-0.4, -0.2) is 46.2 Å². The monoisotopic (exact) mass is 236 g/mol. The van der Waals surface area contributed by atoms with Crippen molar-refractivity contribution in [1.82, 2.24) is 0 Å². The Balaban J connectivity index is 0. The summed E-state index contributed by atoms with van der Waals surface area (Å²) < 4.78 is 0. The fraction of sp³-hybridized carbons (Fsp3) is 0.909. The minimum atomic E-state index is -0.757. The molecule has 0 rings (SSSR count). The van der Waals surface area contributed by atoms with Gasteiger partial charge in [-0.1, -0.05) is 6.92 Å². The first-order valence-electron chi connectivity index (χ1n) is 5.25. The van der Waals surface area contributed by atoms with Gasteiger partial charge < -0.3 is 20.4 Å². The van der Waals surface area contributed by atoms with Crippen LogP contribution in [0.3, 0.4) is 0 Å². The average molecular weight is 236 g/mol. The van der Waals surface area contributed by atoms with Gasteiger partial charge in [0.25, 0.3) is 0 Å². The Hall–Kier alpha value is -0.650. The molecule has 0 spiro atoms. The smallest absolute Gasteiger partial charge is 0.308 e. The highest BCUT2D eigenvalue weighted by Crippen LogP contribution is 2.18. The molecule has 0 bridgehead atoms. The summed E-state index contributed by atoms with van der Waals surface area (Å²) in [5.41, 5.74) is -1.25. The quantitative estimate of drug-likeness (QED) is 0.569. The van der Waals surface area contributed by atoms with Gasteiger partial charge in [-0.25, -0.2) is 0 Å². The Bertz CT molecular complexity index is 174. The summed E-state index contributed by atoms with van der Waals surface area (Å²) >= 11 is 0. The number of carboxylic acids is 1. The maximum absolute atomic E-state index is 10.0. The molecule has 0 aliphatic rings. The van der Waals surface area contributed by atoms with Crippen molar-refractivity contribution in [3.05, 3.63) is 0 Å². The molecule has 0 atom stereocenters. The van der Waals surface area contributed by atoms with Crippen LogP contribution in [0.25, 0.3) is 0 Å². The molecule has 5 nitrogen and oxygen atoms in total. The van der Waals surface area contributed by atoms with Crippen LogP contribution in [0.4, 0.5) is 0 Å². The molecule has 0 aromatic carbocycles. The molecular weight excluding hydrogens is 212 g/mol. The van der Waals surface area contributed by atoms with E-state index < -0.39 is 16.8 Å². The zero-order valence-corrected chi connectivity index (χ0v) is 10.5. The molecule has 0 saturated carbocycles. The van der Waals surface area contributed by atoms with Crippen LogP contribution in [0.1, 0.15) is 34.1 Å². The van der Waals surface area contributed by atoms with Gasteiger partial charge in [-0.05, 0) is 27.2 Å². The van der Waals surface area contributed by atoms with Crippen LogP contribution in [0.2, 0.25) is 0 Å². The number of aliphatic hydroxyl groups is 3. The lowest BCUT2D eigenvalue weighted by Gasteiger charge is -2.24. The molecule has 4 N–H and O–H groups in total. The van der Waals surface area contributed by atoms with Gasteiger partial charge in [0.1, 0.15) is 0 Å². The molecule has 5 heteroatoms. The standard InChI is InChI=1S/C6H14O3.C5H10O2/c1-2-6(3-7,4-8)5-9;1-5(2,3)4(6)7/h7-9H,2-5H2,1H3;1-3H3,(H,6,7). The SMILES string of the molecule is CC(C)(C)C(=O)O.CCC(CO)(CO)CO. The van der Waals surface area contributed by atoms with Gasteiger partial charge in [-0.15, -0.1) is 0 Å². The second-order valence-electron chi connectivity index (χ2n) is 4.88. The molecule has 0 radical (unpaired) electrons. The summed E-state index contributed by atoms with van der Waals surface area (Å²) in [6, 6.07) is 0. The fourth-order valence-electron chi connectivity index (χ4n) is 0.485. The molecule has 0 aliphatic carbocycles. The summed E-state index contributed by atoms with van der Waals surface area (Å²) in [5.74, 6) is -0.757. The van der Waals surface area contributed by atoms with Crippen LogP contribution in [0.15, 0.2) is 0 Å². The van der Waals surface area contributed by atoms with Crippen molar-refractivity contribution in [3.8, 4) is 0 Å². The van der Waals surface area contributed by atoms with Crippen molar-refractivity contribution < 1.29 is 25.2 Å². The van der Waals surface area contributed by atoms with Crippen molar-refractivity contribution in [3.63, 3.8) is 0 Å². The fourth-order valence-corrected chi connectivity index (χ4v) is 0.485. The van der Waals surface area contributed by atoms with Gasteiger partial charge in [0, 0.05) is 5.41 Å². The highest BCUT2D eigenvalue weighted by molar-refractivity contribution is 5.72. The zero-order valence-electron chi connectivity index (χ0n) is 10.5. The Morgan fingerprint density at radius 1 is 1.00 bits per heavy atom. The van der Waals surface area contributed by atoms with Crippen molar-refractivity contribution in [2.24, 2.45) is 10.8 Å².